The lowest BCUT2D eigenvalue weighted by Crippen LogP contribution is -2.47. The van der Waals surface area contributed by atoms with Crippen molar-refractivity contribution in [1.82, 2.24) is 31.5 Å². The minimum absolute atomic E-state index is 0.00408. The van der Waals surface area contributed by atoms with E-state index in [1.54, 1.807) is 12.0 Å². The number of carbonyl (C=O) groups is 2. The van der Waals surface area contributed by atoms with E-state index in [2.05, 4.69) is 38.7 Å². The molecule has 0 fully saturated rings. The molecule has 12 heteroatoms. The number of urea groups is 2. The molecule has 43 heavy (non-hydrogen) atoms. The highest BCUT2D eigenvalue weighted by atomic mass is 16.5. The van der Waals surface area contributed by atoms with Gasteiger partial charge in [0.05, 0.1) is 7.11 Å². The first-order chi connectivity index (χ1) is 20.9. The Hall–Kier alpha value is -4.48. The molecule has 0 saturated carbocycles. The molecule has 12 nitrogen and oxygen atoms in total. The zero-order valence-electron chi connectivity index (χ0n) is 25.3. The van der Waals surface area contributed by atoms with Crippen LogP contribution in [0.4, 0.5) is 9.59 Å². The second-order valence-electron chi connectivity index (χ2n) is 10.4. The Morgan fingerprint density at radius 2 is 1.79 bits per heavy atom. The van der Waals surface area contributed by atoms with Crippen LogP contribution in [0.1, 0.15) is 61.6 Å². The van der Waals surface area contributed by atoms with Crippen molar-refractivity contribution in [3.63, 3.8) is 0 Å². The molecule has 2 aromatic carbocycles. The number of nitrogens with zero attached hydrogens (tertiary/aromatic N) is 1. The number of nitrogens with one attached hydrogen (secondary N) is 7. The van der Waals surface area contributed by atoms with E-state index in [4.69, 9.17) is 20.3 Å². The third-order valence-corrected chi connectivity index (χ3v) is 7.24. The van der Waals surface area contributed by atoms with Gasteiger partial charge in [-0.05, 0) is 55.0 Å². The topological polar surface area (TPSA) is 164 Å². The molecule has 2 aromatic rings. The average Bonchev–Trinajstić information content (AvgIpc) is 3.01. The number of hydrogen-bond donors (Lipinski definition) is 7. The number of rotatable bonds is 10. The van der Waals surface area contributed by atoms with Gasteiger partial charge in [0.25, 0.3) is 0 Å². The van der Waals surface area contributed by atoms with Crippen LogP contribution in [0.25, 0.3) is 0 Å². The fourth-order valence-electron chi connectivity index (χ4n) is 4.82. The van der Waals surface area contributed by atoms with Crippen LogP contribution in [0.15, 0.2) is 42.5 Å². The van der Waals surface area contributed by atoms with Crippen LogP contribution in [0.5, 0.6) is 11.5 Å². The van der Waals surface area contributed by atoms with E-state index >= 15 is 0 Å². The van der Waals surface area contributed by atoms with Gasteiger partial charge >= 0.3 is 12.1 Å². The second-order valence-corrected chi connectivity index (χ2v) is 10.4. The maximum absolute atomic E-state index is 13.2. The molecular weight excluding hydrogens is 548 g/mol. The van der Waals surface area contributed by atoms with E-state index in [-0.39, 0.29) is 18.0 Å². The third-order valence-electron chi connectivity index (χ3n) is 7.24. The monoisotopic (exact) mass is 594 g/mol. The van der Waals surface area contributed by atoms with Gasteiger partial charge in [0.1, 0.15) is 18.1 Å². The van der Waals surface area contributed by atoms with Gasteiger partial charge in [0.2, 0.25) is 0 Å². The number of fused-ring (bicyclic) bond motifs is 2. The molecule has 234 valence electrons. The van der Waals surface area contributed by atoms with Crippen molar-refractivity contribution in [3.05, 3.63) is 59.2 Å². The normalized spacial score (nSPS) is 14.0. The SMILES string of the molecule is CNC(=O)NC(=N)NCCCCCCCCN1CCCc2ccccc2COc2ccc(OC)cc2CNC(=N)NC1=O. The quantitative estimate of drug-likeness (QED) is 0.125. The van der Waals surface area contributed by atoms with Gasteiger partial charge in [-0.1, -0.05) is 49.9 Å². The van der Waals surface area contributed by atoms with Crippen LogP contribution in [-0.4, -0.2) is 62.7 Å². The summed E-state index contributed by atoms with van der Waals surface area (Å²) in [5.41, 5.74) is 3.15. The fourth-order valence-corrected chi connectivity index (χ4v) is 4.82. The van der Waals surface area contributed by atoms with E-state index in [1.165, 1.54) is 12.6 Å². The van der Waals surface area contributed by atoms with Gasteiger partial charge in [-0.25, -0.2) is 9.59 Å². The number of unbranched alkanes of at least 4 members (excludes halogenated alkanes) is 5. The maximum atomic E-state index is 13.2. The van der Waals surface area contributed by atoms with Gasteiger partial charge < -0.3 is 30.3 Å². The number of amides is 4. The summed E-state index contributed by atoms with van der Waals surface area (Å²) in [7, 11) is 3.12. The molecule has 0 unspecified atom stereocenters. The molecule has 0 bridgehead atoms. The molecule has 0 aliphatic carbocycles. The van der Waals surface area contributed by atoms with Crippen molar-refractivity contribution in [2.75, 3.05) is 33.8 Å². The van der Waals surface area contributed by atoms with E-state index < -0.39 is 6.03 Å². The van der Waals surface area contributed by atoms with Crippen molar-refractivity contribution in [2.45, 2.75) is 64.5 Å². The van der Waals surface area contributed by atoms with Crippen LogP contribution in [0, 0.1) is 10.8 Å². The number of ether oxygens (including phenoxy) is 2. The smallest absolute Gasteiger partial charge is 0.324 e. The Bertz CT molecular complexity index is 1220. The van der Waals surface area contributed by atoms with E-state index in [0.717, 1.165) is 62.5 Å². The zero-order chi connectivity index (χ0) is 30.9. The third kappa shape index (κ3) is 11.7. The Kier molecular flexibility index (Phi) is 13.9. The van der Waals surface area contributed by atoms with Crippen LogP contribution >= 0.6 is 0 Å². The van der Waals surface area contributed by atoms with Gasteiger partial charge in [-0.3, -0.25) is 21.5 Å². The van der Waals surface area contributed by atoms with Crippen LogP contribution in [-0.2, 0) is 19.6 Å². The predicted molar refractivity (Wildman–Crippen MR) is 168 cm³/mol. The second kappa shape index (κ2) is 18.1. The largest absolute Gasteiger partial charge is 0.497 e. The molecule has 0 saturated heterocycles. The lowest BCUT2D eigenvalue weighted by Gasteiger charge is -2.24. The summed E-state index contributed by atoms with van der Waals surface area (Å²) >= 11 is 0. The summed E-state index contributed by atoms with van der Waals surface area (Å²) in [6.07, 6.45) is 7.54. The fraction of sp³-hybridized carbons (Fsp3) is 0.484. The summed E-state index contributed by atoms with van der Waals surface area (Å²) in [4.78, 5) is 26.2. The Labute approximate surface area is 254 Å². The van der Waals surface area contributed by atoms with Crippen LogP contribution in [0.3, 0.4) is 0 Å². The van der Waals surface area contributed by atoms with Gasteiger partial charge in [0, 0.05) is 38.8 Å². The molecule has 4 amide bonds. The van der Waals surface area contributed by atoms with E-state index in [1.807, 2.05) is 30.3 Å². The van der Waals surface area contributed by atoms with Gasteiger partial charge in [-0.2, -0.15) is 0 Å². The lowest BCUT2D eigenvalue weighted by molar-refractivity contribution is 0.200. The molecule has 1 aliphatic rings. The molecule has 0 aromatic heterocycles. The minimum Gasteiger partial charge on any atom is -0.497 e. The van der Waals surface area contributed by atoms with Gasteiger partial charge in [0.15, 0.2) is 11.9 Å². The molecule has 1 aliphatic heterocycles. The first-order valence-corrected chi connectivity index (χ1v) is 15.0. The average molecular weight is 595 g/mol. The number of aryl methyl sites for hydroxylation is 1. The van der Waals surface area contributed by atoms with Crippen molar-refractivity contribution < 1.29 is 19.1 Å². The number of benzene rings is 2. The van der Waals surface area contributed by atoms with Crippen LogP contribution < -0.4 is 36.1 Å². The summed E-state index contributed by atoms with van der Waals surface area (Å²) < 4.78 is 11.6. The molecular formula is C31H46N8O4. The number of methoxy groups -OCH3 is 1. The summed E-state index contributed by atoms with van der Waals surface area (Å²) in [6.45, 7) is 2.57. The molecule has 0 atom stereocenters. The molecule has 0 radical (unpaired) electrons. The van der Waals surface area contributed by atoms with E-state index in [0.29, 0.717) is 44.3 Å². The Morgan fingerprint density at radius 3 is 2.56 bits per heavy atom. The Balaban J connectivity index is 1.51. The van der Waals surface area contributed by atoms with E-state index in [9.17, 15) is 9.59 Å². The number of carbonyl (C=O) groups excluding carboxylic acids is 2. The minimum atomic E-state index is -0.413. The maximum Gasteiger partial charge on any atom is 0.324 e. The highest BCUT2D eigenvalue weighted by Gasteiger charge is 2.16. The standard InChI is InChI=1S/C31H46N8O4/c1-34-30(40)37-28(32)35-17-9-5-3-4-6-10-18-39-19-11-14-23-12-7-8-13-24(23)22-43-27-16-15-26(42-2)20-25(27)21-36-29(33)38-31(39)41/h7-8,12-13,15-16,20H,3-6,9-11,14,17-19,21-22H2,1-2H3,(H3,33,36,38,41)(H4,32,34,35,37,40). The first kappa shape index (κ1) is 33.0. The first-order valence-electron chi connectivity index (χ1n) is 15.0. The zero-order valence-corrected chi connectivity index (χ0v) is 25.3. The van der Waals surface area contributed by atoms with Crippen molar-refractivity contribution in [1.29, 1.82) is 10.8 Å². The summed E-state index contributed by atoms with van der Waals surface area (Å²) in [5, 5.41) is 29.4. The predicted octanol–water partition coefficient (Wildman–Crippen LogP) is 4.05. The molecule has 3 rings (SSSR count). The summed E-state index contributed by atoms with van der Waals surface area (Å²) in [5.74, 6) is 1.33. The highest BCUT2D eigenvalue weighted by molar-refractivity contribution is 5.95. The van der Waals surface area contributed by atoms with Gasteiger partial charge in [-0.15, -0.1) is 0 Å². The van der Waals surface area contributed by atoms with Crippen molar-refractivity contribution >= 4 is 24.0 Å². The summed E-state index contributed by atoms with van der Waals surface area (Å²) in [6, 6.07) is 13.1. The van der Waals surface area contributed by atoms with Crippen molar-refractivity contribution in [3.8, 4) is 11.5 Å². The molecule has 1 heterocycles. The lowest BCUT2D eigenvalue weighted by atomic mass is 10.0. The van der Waals surface area contributed by atoms with Crippen molar-refractivity contribution in [2.24, 2.45) is 0 Å². The molecule has 0 spiro atoms. The van der Waals surface area contributed by atoms with Crippen LogP contribution in [0.2, 0.25) is 0 Å². The molecule has 7 N–H and O–H groups in total. The number of hydrogen-bond acceptors (Lipinski definition) is 6. The Morgan fingerprint density at radius 1 is 1.05 bits per heavy atom. The highest BCUT2D eigenvalue weighted by Crippen LogP contribution is 2.26. The number of guanidine groups is 2.